The number of aromatic nitrogens is 2. The van der Waals surface area contributed by atoms with Crippen molar-refractivity contribution < 1.29 is 4.74 Å². The normalized spacial score (nSPS) is 14.5. The molecule has 2 aromatic heterocycles. The molecule has 0 atom stereocenters. The maximum atomic E-state index is 6.06. The maximum absolute atomic E-state index is 6.06. The van der Waals surface area contributed by atoms with Gasteiger partial charge in [-0.15, -0.1) is 11.3 Å². The highest BCUT2D eigenvalue weighted by Crippen LogP contribution is 2.27. The van der Waals surface area contributed by atoms with Crippen LogP contribution < -0.4 is 4.74 Å². The van der Waals surface area contributed by atoms with Gasteiger partial charge in [0.1, 0.15) is 11.5 Å². The third kappa shape index (κ3) is 4.16. The summed E-state index contributed by atoms with van der Waals surface area (Å²) >= 11 is 1.70. The Morgan fingerprint density at radius 2 is 1.79 bits per heavy atom. The zero-order valence-corrected chi connectivity index (χ0v) is 17.3. The van der Waals surface area contributed by atoms with E-state index < -0.39 is 0 Å². The highest BCUT2D eigenvalue weighted by atomic mass is 32.1. The van der Waals surface area contributed by atoms with E-state index in [1.165, 1.54) is 21.4 Å². The van der Waals surface area contributed by atoms with Crippen LogP contribution in [0.3, 0.4) is 0 Å². The van der Waals surface area contributed by atoms with Gasteiger partial charge in [-0.25, -0.2) is 4.98 Å². The predicted octanol–water partition coefficient (Wildman–Crippen LogP) is 5.39. The summed E-state index contributed by atoms with van der Waals surface area (Å²) in [5.41, 5.74) is 8.16. The van der Waals surface area contributed by atoms with Gasteiger partial charge < -0.3 is 4.74 Å². The smallest absolute Gasteiger partial charge is 0.130 e. The van der Waals surface area contributed by atoms with Crippen LogP contribution >= 0.6 is 11.3 Å². The molecule has 0 spiro atoms. The first-order chi connectivity index (χ1) is 14.2. The van der Waals surface area contributed by atoms with Crippen molar-refractivity contribution in [1.82, 2.24) is 14.9 Å². The van der Waals surface area contributed by atoms with Gasteiger partial charge >= 0.3 is 0 Å². The molecule has 0 fully saturated rings. The Hall–Kier alpha value is -2.76. The lowest BCUT2D eigenvalue weighted by atomic mass is 10.0. The molecule has 0 saturated heterocycles. The Bertz CT molecular complexity index is 1150. The van der Waals surface area contributed by atoms with Crippen molar-refractivity contribution in [1.29, 1.82) is 0 Å². The van der Waals surface area contributed by atoms with Crippen molar-refractivity contribution in [2.45, 2.75) is 26.3 Å². The standard InChI is InChI=1S/C24H23N3OS/c1-17-12-22(6-9-25-17)28-21-4-3-19-7-10-27(11-8-20(19)14-21)15-18-2-5-24-23(13-18)26-16-29-24/h2-6,9,12-14,16H,7-8,10-11,15H2,1H3. The van der Waals surface area contributed by atoms with Gasteiger partial charge in [0.15, 0.2) is 0 Å². The van der Waals surface area contributed by atoms with Gasteiger partial charge in [-0.05, 0) is 66.8 Å². The molecular weight excluding hydrogens is 378 g/mol. The van der Waals surface area contributed by atoms with E-state index in [9.17, 15) is 0 Å². The molecule has 0 amide bonds. The molecule has 2 aromatic carbocycles. The summed E-state index contributed by atoms with van der Waals surface area (Å²) in [5.74, 6) is 1.74. The average molecular weight is 402 g/mol. The van der Waals surface area contributed by atoms with Crippen molar-refractivity contribution in [2.75, 3.05) is 13.1 Å². The molecule has 0 saturated carbocycles. The topological polar surface area (TPSA) is 38.2 Å². The molecule has 5 rings (SSSR count). The van der Waals surface area contributed by atoms with E-state index in [0.29, 0.717) is 0 Å². The van der Waals surface area contributed by atoms with Gasteiger partial charge in [0.05, 0.1) is 15.7 Å². The van der Waals surface area contributed by atoms with Crippen molar-refractivity contribution in [3.63, 3.8) is 0 Å². The van der Waals surface area contributed by atoms with Gasteiger partial charge in [-0.2, -0.15) is 0 Å². The molecule has 4 nitrogen and oxygen atoms in total. The molecule has 5 heteroatoms. The van der Waals surface area contributed by atoms with Gasteiger partial charge in [0.25, 0.3) is 0 Å². The van der Waals surface area contributed by atoms with E-state index in [1.54, 1.807) is 17.5 Å². The van der Waals surface area contributed by atoms with Crippen LogP contribution in [0.15, 0.2) is 60.2 Å². The molecule has 3 heterocycles. The van der Waals surface area contributed by atoms with E-state index in [0.717, 1.165) is 55.2 Å². The van der Waals surface area contributed by atoms with Crippen LogP contribution in [-0.2, 0) is 19.4 Å². The maximum Gasteiger partial charge on any atom is 0.130 e. The number of hydrogen-bond acceptors (Lipinski definition) is 5. The number of benzene rings is 2. The Labute approximate surface area is 174 Å². The van der Waals surface area contributed by atoms with Gasteiger partial charge in [-0.1, -0.05) is 12.1 Å². The molecule has 0 unspecified atom stereocenters. The van der Waals surface area contributed by atoms with Crippen LogP contribution in [0, 0.1) is 6.92 Å². The lowest BCUT2D eigenvalue weighted by molar-refractivity contribution is 0.279. The SMILES string of the molecule is Cc1cc(Oc2ccc3c(c2)CCN(Cc2ccc4scnc4c2)CC3)ccn1. The number of aryl methyl sites for hydroxylation is 1. The number of thiazole rings is 1. The molecular formula is C24H23N3OS. The highest BCUT2D eigenvalue weighted by Gasteiger charge is 2.15. The molecule has 0 N–H and O–H groups in total. The second-order valence-corrected chi connectivity index (χ2v) is 8.48. The zero-order chi connectivity index (χ0) is 19.6. The fourth-order valence-corrected chi connectivity index (χ4v) is 4.61. The number of pyridine rings is 1. The molecule has 0 aliphatic carbocycles. The quantitative estimate of drug-likeness (QED) is 0.459. The molecule has 146 valence electrons. The van der Waals surface area contributed by atoms with E-state index in [2.05, 4.69) is 51.3 Å². The van der Waals surface area contributed by atoms with E-state index in [4.69, 9.17) is 4.74 Å². The van der Waals surface area contributed by atoms with Crippen LogP contribution in [0.4, 0.5) is 0 Å². The van der Waals surface area contributed by atoms with E-state index in [1.807, 2.05) is 24.6 Å². The van der Waals surface area contributed by atoms with Crippen LogP contribution in [0.5, 0.6) is 11.5 Å². The number of nitrogens with zero attached hydrogens (tertiary/aromatic N) is 3. The van der Waals surface area contributed by atoms with Crippen LogP contribution in [-0.4, -0.2) is 28.0 Å². The van der Waals surface area contributed by atoms with E-state index in [-0.39, 0.29) is 0 Å². The summed E-state index contributed by atoms with van der Waals surface area (Å²) in [4.78, 5) is 11.2. The number of ether oxygens (including phenoxy) is 1. The second kappa shape index (κ2) is 7.93. The van der Waals surface area contributed by atoms with Crippen molar-refractivity contribution in [3.8, 4) is 11.5 Å². The molecule has 0 radical (unpaired) electrons. The van der Waals surface area contributed by atoms with Crippen LogP contribution in [0.1, 0.15) is 22.4 Å². The minimum Gasteiger partial charge on any atom is -0.457 e. The fourth-order valence-electron chi connectivity index (χ4n) is 3.95. The lowest BCUT2D eigenvalue weighted by Crippen LogP contribution is -2.25. The summed E-state index contributed by atoms with van der Waals surface area (Å²) in [5, 5.41) is 0. The monoisotopic (exact) mass is 401 g/mol. The number of fused-ring (bicyclic) bond motifs is 2. The van der Waals surface area contributed by atoms with Crippen LogP contribution in [0.25, 0.3) is 10.2 Å². The zero-order valence-electron chi connectivity index (χ0n) is 16.5. The van der Waals surface area contributed by atoms with Crippen molar-refractivity contribution >= 4 is 21.6 Å². The molecule has 1 aliphatic heterocycles. The molecule has 29 heavy (non-hydrogen) atoms. The minimum absolute atomic E-state index is 0.838. The molecule has 4 aromatic rings. The molecule has 0 bridgehead atoms. The summed E-state index contributed by atoms with van der Waals surface area (Å²) in [6.45, 7) is 5.08. The number of hydrogen-bond donors (Lipinski definition) is 0. The van der Waals surface area contributed by atoms with Gasteiger partial charge in [0, 0.05) is 37.6 Å². The Morgan fingerprint density at radius 1 is 0.931 bits per heavy atom. The Morgan fingerprint density at radius 3 is 2.69 bits per heavy atom. The third-order valence-corrected chi connectivity index (χ3v) is 6.29. The van der Waals surface area contributed by atoms with Gasteiger partial charge in [-0.3, -0.25) is 9.88 Å². The first kappa shape index (κ1) is 18.3. The first-order valence-corrected chi connectivity index (χ1v) is 10.9. The average Bonchev–Trinajstić information content (AvgIpc) is 3.10. The van der Waals surface area contributed by atoms with Crippen molar-refractivity contribution in [3.05, 3.63) is 82.6 Å². The third-order valence-electron chi connectivity index (χ3n) is 5.48. The first-order valence-electron chi connectivity index (χ1n) is 10.00. The summed E-state index contributed by atoms with van der Waals surface area (Å²) in [6.07, 6.45) is 3.90. The Balaban J connectivity index is 1.28. The molecule has 1 aliphatic rings. The summed E-state index contributed by atoms with van der Waals surface area (Å²) in [6, 6.07) is 17.0. The largest absolute Gasteiger partial charge is 0.457 e. The van der Waals surface area contributed by atoms with E-state index >= 15 is 0 Å². The summed E-state index contributed by atoms with van der Waals surface area (Å²) in [7, 11) is 0. The predicted molar refractivity (Wildman–Crippen MR) is 118 cm³/mol. The highest BCUT2D eigenvalue weighted by molar-refractivity contribution is 7.16. The second-order valence-electron chi connectivity index (χ2n) is 7.60. The lowest BCUT2D eigenvalue weighted by Gasteiger charge is -2.19. The Kier molecular flexibility index (Phi) is 5.00. The van der Waals surface area contributed by atoms with Crippen molar-refractivity contribution in [2.24, 2.45) is 0 Å². The number of rotatable bonds is 4. The minimum atomic E-state index is 0.838. The van der Waals surface area contributed by atoms with Gasteiger partial charge in [0.2, 0.25) is 0 Å². The fraction of sp³-hybridized carbons (Fsp3) is 0.250. The van der Waals surface area contributed by atoms with Crippen LogP contribution in [0.2, 0.25) is 0 Å². The summed E-state index contributed by atoms with van der Waals surface area (Å²) < 4.78 is 7.32.